The van der Waals surface area contributed by atoms with Gasteiger partial charge in [0, 0.05) is 54.2 Å². The van der Waals surface area contributed by atoms with E-state index in [1.165, 1.54) is 6.08 Å². The zero-order chi connectivity index (χ0) is 23.8. The van der Waals surface area contributed by atoms with Crippen molar-refractivity contribution in [3.05, 3.63) is 103 Å². The standard InChI is InChI=1S/C26H24N6O2/c1-27-26(34)30-23-12-10-22(11-13-23)29-24(33)14-9-21-18-32(17-19-6-3-2-4-7-19)31-25(21)20-8-5-15-28-16-20/h2-16,18H,17H2,1H3,(H,29,33)(H2,27,30,34)/b14-9+. The quantitative estimate of drug-likeness (QED) is 0.362. The maximum Gasteiger partial charge on any atom is 0.318 e. The summed E-state index contributed by atoms with van der Waals surface area (Å²) in [7, 11) is 1.54. The number of urea groups is 1. The Kier molecular flexibility index (Phi) is 7.09. The van der Waals surface area contributed by atoms with Gasteiger partial charge in [-0.05, 0) is 48.0 Å². The van der Waals surface area contributed by atoms with E-state index in [-0.39, 0.29) is 11.9 Å². The Labute approximate surface area is 197 Å². The largest absolute Gasteiger partial charge is 0.341 e. The van der Waals surface area contributed by atoms with Crippen molar-refractivity contribution >= 4 is 29.4 Å². The normalized spacial score (nSPS) is 10.7. The number of benzene rings is 2. The molecule has 0 aliphatic heterocycles. The molecule has 4 rings (SSSR count). The highest BCUT2D eigenvalue weighted by molar-refractivity contribution is 6.02. The Morgan fingerprint density at radius 1 is 0.941 bits per heavy atom. The summed E-state index contributed by atoms with van der Waals surface area (Å²) in [6, 6.07) is 20.4. The molecule has 2 aromatic heterocycles. The summed E-state index contributed by atoms with van der Waals surface area (Å²) in [4.78, 5) is 28.1. The maximum absolute atomic E-state index is 12.5. The molecular weight excluding hydrogens is 428 g/mol. The van der Waals surface area contributed by atoms with Gasteiger partial charge in [0.1, 0.15) is 5.69 Å². The number of nitrogens with one attached hydrogen (secondary N) is 3. The molecule has 0 aliphatic rings. The molecule has 3 N–H and O–H groups in total. The minimum atomic E-state index is -0.308. The van der Waals surface area contributed by atoms with Crippen LogP contribution in [0.15, 0.2) is 91.4 Å². The van der Waals surface area contributed by atoms with Crippen LogP contribution in [0.25, 0.3) is 17.3 Å². The fraction of sp³-hybridized carbons (Fsp3) is 0.0769. The molecule has 3 amide bonds. The number of hydrogen-bond acceptors (Lipinski definition) is 4. The monoisotopic (exact) mass is 452 g/mol. The third-order valence-corrected chi connectivity index (χ3v) is 4.96. The van der Waals surface area contributed by atoms with Crippen LogP contribution >= 0.6 is 0 Å². The van der Waals surface area contributed by atoms with Gasteiger partial charge < -0.3 is 16.0 Å². The van der Waals surface area contributed by atoms with Crippen LogP contribution in [0.2, 0.25) is 0 Å². The van der Waals surface area contributed by atoms with E-state index in [1.807, 2.05) is 53.3 Å². The van der Waals surface area contributed by atoms with Crippen LogP contribution in [0.5, 0.6) is 0 Å². The molecule has 170 valence electrons. The number of nitrogens with zero attached hydrogens (tertiary/aromatic N) is 3. The topological polar surface area (TPSA) is 101 Å². The number of hydrogen-bond donors (Lipinski definition) is 3. The lowest BCUT2D eigenvalue weighted by Gasteiger charge is -2.06. The van der Waals surface area contributed by atoms with Crippen LogP contribution in [0.1, 0.15) is 11.1 Å². The minimum absolute atomic E-state index is 0.278. The van der Waals surface area contributed by atoms with E-state index >= 15 is 0 Å². The fourth-order valence-corrected chi connectivity index (χ4v) is 3.32. The smallest absolute Gasteiger partial charge is 0.318 e. The van der Waals surface area contributed by atoms with E-state index in [0.717, 1.165) is 22.4 Å². The van der Waals surface area contributed by atoms with Gasteiger partial charge in [-0.15, -0.1) is 0 Å². The predicted molar refractivity (Wildman–Crippen MR) is 133 cm³/mol. The molecule has 34 heavy (non-hydrogen) atoms. The predicted octanol–water partition coefficient (Wildman–Crippen LogP) is 4.40. The Morgan fingerprint density at radius 2 is 1.68 bits per heavy atom. The molecule has 2 aromatic carbocycles. The van der Waals surface area contributed by atoms with Gasteiger partial charge in [-0.25, -0.2) is 4.79 Å². The average Bonchev–Trinajstić information content (AvgIpc) is 3.27. The van der Waals surface area contributed by atoms with E-state index in [9.17, 15) is 9.59 Å². The van der Waals surface area contributed by atoms with Crippen LogP contribution in [0.4, 0.5) is 16.2 Å². The molecule has 0 saturated heterocycles. The molecule has 8 heteroatoms. The highest BCUT2D eigenvalue weighted by Gasteiger charge is 2.10. The molecule has 0 unspecified atom stereocenters. The second kappa shape index (κ2) is 10.7. The van der Waals surface area contributed by atoms with E-state index in [2.05, 4.69) is 20.9 Å². The molecule has 0 atom stereocenters. The van der Waals surface area contributed by atoms with Gasteiger partial charge in [-0.3, -0.25) is 14.5 Å². The number of carbonyl (C=O) groups excluding carboxylic acids is 2. The molecular formula is C26H24N6O2. The van der Waals surface area contributed by atoms with Gasteiger partial charge in [0.05, 0.1) is 6.54 Å². The first kappa shape index (κ1) is 22.5. The molecule has 0 aliphatic carbocycles. The Bertz CT molecular complexity index is 1280. The first-order chi connectivity index (χ1) is 16.6. The van der Waals surface area contributed by atoms with Gasteiger partial charge in [0.15, 0.2) is 0 Å². The van der Waals surface area contributed by atoms with Crippen molar-refractivity contribution in [3.63, 3.8) is 0 Å². The Balaban J connectivity index is 1.49. The number of rotatable bonds is 7. The van der Waals surface area contributed by atoms with Crippen molar-refractivity contribution in [2.45, 2.75) is 6.54 Å². The van der Waals surface area contributed by atoms with Crippen LogP contribution in [-0.4, -0.2) is 33.8 Å². The molecule has 0 fully saturated rings. The van der Waals surface area contributed by atoms with Gasteiger partial charge in [-0.1, -0.05) is 30.3 Å². The van der Waals surface area contributed by atoms with Gasteiger partial charge >= 0.3 is 6.03 Å². The lowest BCUT2D eigenvalue weighted by molar-refractivity contribution is -0.111. The molecule has 0 bridgehead atoms. The van der Waals surface area contributed by atoms with Gasteiger partial charge in [0.25, 0.3) is 0 Å². The van der Waals surface area contributed by atoms with Crippen LogP contribution in [-0.2, 0) is 11.3 Å². The third-order valence-electron chi connectivity index (χ3n) is 4.96. The Morgan fingerprint density at radius 3 is 2.35 bits per heavy atom. The zero-order valence-electron chi connectivity index (χ0n) is 18.6. The fourth-order valence-electron chi connectivity index (χ4n) is 3.32. The van der Waals surface area contributed by atoms with Crippen molar-refractivity contribution in [1.82, 2.24) is 20.1 Å². The van der Waals surface area contributed by atoms with Crippen molar-refractivity contribution < 1.29 is 9.59 Å². The molecule has 4 aromatic rings. The highest BCUT2D eigenvalue weighted by atomic mass is 16.2. The lowest BCUT2D eigenvalue weighted by Crippen LogP contribution is -2.24. The van der Waals surface area contributed by atoms with Crippen molar-refractivity contribution in [1.29, 1.82) is 0 Å². The number of amides is 3. The lowest BCUT2D eigenvalue weighted by atomic mass is 10.1. The molecule has 0 saturated carbocycles. The SMILES string of the molecule is CNC(=O)Nc1ccc(NC(=O)/C=C/c2cn(Cc3ccccc3)nc2-c2cccnc2)cc1. The van der Waals surface area contributed by atoms with E-state index in [0.29, 0.717) is 17.9 Å². The van der Waals surface area contributed by atoms with Crippen LogP contribution in [0.3, 0.4) is 0 Å². The van der Waals surface area contributed by atoms with E-state index < -0.39 is 0 Å². The number of anilines is 2. The third kappa shape index (κ3) is 5.95. The van der Waals surface area contributed by atoms with E-state index in [1.54, 1.807) is 49.8 Å². The van der Waals surface area contributed by atoms with Crippen molar-refractivity contribution in [3.8, 4) is 11.3 Å². The second-order valence-corrected chi connectivity index (χ2v) is 7.46. The zero-order valence-corrected chi connectivity index (χ0v) is 18.6. The van der Waals surface area contributed by atoms with Gasteiger partial charge in [0.2, 0.25) is 5.91 Å². The van der Waals surface area contributed by atoms with Crippen LogP contribution < -0.4 is 16.0 Å². The number of carbonyl (C=O) groups is 2. The Hall–Kier alpha value is -4.72. The molecule has 2 heterocycles. The van der Waals surface area contributed by atoms with Crippen LogP contribution in [0, 0.1) is 0 Å². The van der Waals surface area contributed by atoms with Crippen molar-refractivity contribution in [2.24, 2.45) is 0 Å². The molecule has 0 radical (unpaired) electrons. The summed E-state index contributed by atoms with van der Waals surface area (Å²) >= 11 is 0. The summed E-state index contributed by atoms with van der Waals surface area (Å²) in [6.07, 6.45) is 8.59. The maximum atomic E-state index is 12.5. The molecule has 0 spiro atoms. The number of aromatic nitrogens is 3. The molecule has 8 nitrogen and oxygen atoms in total. The summed E-state index contributed by atoms with van der Waals surface area (Å²) in [5, 5.41) is 12.7. The minimum Gasteiger partial charge on any atom is -0.341 e. The second-order valence-electron chi connectivity index (χ2n) is 7.46. The highest BCUT2D eigenvalue weighted by Crippen LogP contribution is 2.23. The average molecular weight is 453 g/mol. The van der Waals surface area contributed by atoms with Gasteiger partial charge in [-0.2, -0.15) is 5.10 Å². The van der Waals surface area contributed by atoms with Crippen molar-refractivity contribution in [2.75, 3.05) is 17.7 Å². The first-order valence-corrected chi connectivity index (χ1v) is 10.7. The summed E-state index contributed by atoms with van der Waals surface area (Å²) in [5.41, 5.74) is 4.80. The summed E-state index contributed by atoms with van der Waals surface area (Å²) in [5.74, 6) is -0.278. The summed E-state index contributed by atoms with van der Waals surface area (Å²) in [6.45, 7) is 0.616. The first-order valence-electron chi connectivity index (χ1n) is 10.7. The van der Waals surface area contributed by atoms with E-state index in [4.69, 9.17) is 5.10 Å². The number of pyridine rings is 1. The summed E-state index contributed by atoms with van der Waals surface area (Å²) < 4.78 is 1.85.